The first-order valence-electron chi connectivity index (χ1n) is 7.86. The molecule has 122 valence electrons. The zero-order chi connectivity index (χ0) is 16.7. The van der Waals surface area contributed by atoms with Crippen LogP contribution >= 0.6 is 0 Å². The van der Waals surface area contributed by atoms with E-state index in [0.717, 1.165) is 24.4 Å². The van der Waals surface area contributed by atoms with Crippen molar-refractivity contribution in [2.75, 3.05) is 13.1 Å². The van der Waals surface area contributed by atoms with Crippen molar-refractivity contribution in [1.82, 2.24) is 4.90 Å². The van der Waals surface area contributed by atoms with Gasteiger partial charge in [-0.05, 0) is 31.5 Å². The maximum atomic E-state index is 12.7. The third-order valence-electron chi connectivity index (χ3n) is 3.76. The monoisotopic (exact) mass is 329 g/mol. The SMILES string of the molecule is CCN(CC)/C(=C/S(=O)(=O)c1ccccc1)Cc1ccccc1. The summed E-state index contributed by atoms with van der Waals surface area (Å²) in [7, 11) is -3.45. The summed E-state index contributed by atoms with van der Waals surface area (Å²) in [5.74, 6) is 0. The van der Waals surface area contributed by atoms with Gasteiger partial charge in [0, 0.05) is 25.2 Å². The number of hydrogen-bond donors (Lipinski definition) is 0. The Balaban J connectivity index is 2.40. The molecule has 2 rings (SSSR count). The topological polar surface area (TPSA) is 37.4 Å². The molecular formula is C19H23NO2S. The van der Waals surface area contributed by atoms with Gasteiger partial charge in [0.1, 0.15) is 0 Å². The van der Waals surface area contributed by atoms with E-state index in [9.17, 15) is 8.42 Å². The van der Waals surface area contributed by atoms with Gasteiger partial charge in [-0.2, -0.15) is 0 Å². The average molecular weight is 329 g/mol. The standard InChI is InChI=1S/C19H23NO2S/c1-3-20(4-2)18(15-17-11-7-5-8-12-17)16-23(21,22)19-13-9-6-10-14-19/h5-14,16H,3-4,15H2,1-2H3/b18-16+. The lowest BCUT2D eigenvalue weighted by molar-refractivity contribution is 0.375. The molecule has 0 radical (unpaired) electrons. The fourth-order valence-corrected chi connectivity index (χ4v) is 3.78. The average Bonchev–Trinajstić information content (AvgIpc) is 2.57. The summed E-state index contributed by atoms with van der Waals surface area (Å²) in [6.07, 6.45) is 0.606. The van der Waals surface area contributed by atoms with Gasteiger partial charge in [-0.3, -0.25) is 0 Å². The summed E-state index contributed by atoms with van der Waals surface area (Å²) in [6, 6.07) is 18.5. The Morgan fingerprint density at radius 1 is 0.913 bits per heavy atom. The van der Waals surface area contributed by atoms with Gasteiger partial charge in [-0.25, -0.2) is 8.42 Å². The van der Waals surface area contributed by atoms with E-state index < -0.39 is 9.84 Å². The molecule has 3 nitrogen and oxygen atoms in total. The highest BCUT2D eigenvalue weighted by Gasteiger charge is 2.15. The molecule has 2 aromatic rings. The summed E-state index contributed by atoms with van der Waals surface area (Å²) in [5, 5.41) is 1.42. The molecule has 0 fully saturated rings. The third kappa shape index (κ3) is 4.70. The maximum Gasteiger partial charge on any atom is 0.201 e. The number of allylic oxidation sites excluding steroid dienone is 1. The van der Waals surface area contributed by atoms with Crippen molar-refractivity contribution in [3.63, 3.8) is 0 Å². The van der Waals surface area contributed by atoms with Crippen LogP contribution in [0.5, 0.6) is 0 Å². The minimum Gasteiger partial charge on any atom is -0.375 e. The van der Waals surface area contributed by atoms with Crippen molar-refractivity contribution in [1.29, 1.82) is 0 Å². The Morgan fingerprint density at radius 2 is 1.43 bits per heavy atom. The Morgan fingerprint density at radius 3 is 1.96 bits per heavy atom. The summed E-state index contributed by atoms with van der Waals surface area (Å²) in [4.78, 5) is 2.42. The van der Waals surface area contributed by atoms with Crippen molar-refractivity contribution in [3.8, 4) is 0 Å². The number of rotatable bonds is 7. The van der Waals surface area contributed by atoms with Gasteiger partial charge in [0.2, 0.25) is 9.84 Å². The van der Waals surface area contributed by atoms with Gasteiger partial charge in [0.05, 0.1) is 10.3 Å². The van der Waals surface area contributed by atoms with Crippen molar-refractivity contribution in [3.05, 3.63) is 77.3 Å². The quantitative estimate of drug-likeness (QED) is 0.773. The Kier molecular flexibility index (Phi) is 5.99. The van der Waals surface area contributed by atoms with Gasteiger partial charge in [0.15, 0.2) is 0 Å². The van der Waals surface area contributed by atoms with Crippen LogP contribution in [0.2, 0.25) is 0 Å². The van der Waals surface area contributed by atoms with Gasteiger partial charge < -0.3 is 4.90 Å². The van der Waals surface area contributed by atoms with E-state index in [-0.39, 0.29) is 0 Å². The van der Waals surface area contributed by atoms with Crippen LogP contribution in [0.4, 0.5) is 0 Å². The first-order valence-corrected chi connectivity index (χ1v) is 9.41. The normalized spacial score (nSPS) is 12.2. The number of hydrogen-bond acceptors (Lipinski definition) is 3. The van der Waals surface area contributed by atoms with E-state index in [1.807, 2.05) is 50.2 Å². The molecule has 0 aliphatic rings. The van der Waals surface area contributed by atoms with Crippen LogP contribution in [0, 0.1) is 0 Å². The summed E-state index contributed by atoms with van der Waals surface area (Å²) >= 11 is 0. The second-order valence-electron chi connectivity index (χ2n) is 5.30. The highest BCUT2D eigenvalue weighted by molar-refractivity contribution is 7.94. The number of likely N-dealkylation sites (N-methyl/N-ethyl adjacent to an activating group) is 1. The molecule has 0 aliphatic carbocycles. The maximum absolute atomic E-state index is 12.7. The number of sulfone groups is 1. The predicted octanol–water partition coefficient (Wildman–Crippen LogP) is 3.89. The molecular weight excluding hydrogens is 306 g/mol. The lowest BCUT2D eigenvalue weighted by atomic mass is 10.1. The van der Waals surface area contributed by atoms with E-state index in [2.05, 4.69) is 4.90 Å². The minimum absolute atomic E-state index is 0.331. The van der Waals surface area contributed by atoms with E-state index in [1.165, 1.54) is 5.41 Å². The molecule has 0 saturated heterocycles. The van der Waals surface area contributed by atoms with E-state index in [1.54, 1.807) is 24.3 Å². The van der Waals surface area contributed by atoms with E-state index >= 15 is 0 Å². The van der Waals surface area contributed by atoms with E-state index in [4.69, 9.17) is 0 Å². The van der Waals surface area contributed by atoms with Crippen molar-refractivity contribution in [2.45, 2.75) is 25.2 Å². The molecule has 0 heterocycles. The predicted molar refractivity (Wildman–Crippen MR) is 94.8 cm³/mol. The summed E-state index contributed by atoms with van der Waals surface area (Å²) in [5.41, 5.74) is 1.93. The largest absolute Gasteiger partial charge is 0.375 e. The van der Waals surface area contributed by atoms with Gasteiger partial charge in [0.25, 0.3) is 0 Å². The molecule has 0 bridgehead atoms. The second-order valence-corrected chi connectivity index (χ2v) is 7.10. The molecule has 23 heavy (non-hydrogen) atoms. The molecule has 4 heteroatoms. The third-order valence-corrected chi connectivity index (χ3v) is 5.27. The van der Waals surface area contributed by atoms with E-state index in [0.29, 0.717) is 11.3 Å². The van der Waals surface area contributed by atoms with Crippen LogP contribution in [0.1, 0.15) is 19.4 Å². The molecule has 0 aromatic heterocycles. The molecule has 0 amide bonds. The Hall–Kier alpha value is -2.07. The zero-order valence-electron chi connectivity index (χ0n) is 13.6. The molecule has 0 N–H and O–H groups in total. The molecule has 0 atom stereocenters. The molecule has 0 unspecified atom stereocenters. The highest BCUT2D eigenvalue weighted by Crippen LogP contribution is 2.18. The Labute approximate surface area is 139 Å². The highest BCUT2D eigenvalue weighted by atomic mass is 32.2. The smallest absolute Gasteiger partial charge is 0.201 e. The Bertz CT molecular complexity index is 733. The molecule has 0 aliphatic heterocycles. The number of benzene rings is 2. The van der Waals surface area contributed by atoms with Gasteiger partial charge in [-0.15, -0.1) is 0 Å². The molecule has 0 spiro atoms. The van der Waals surface area contributed by atoms with Crippen LogP contribution in [-0.2, 0) is 16.3 Å². The van der Waals surface area contributed by atoms with Crippen LogP contribution in [0.25, 0.3) is 0 Å². The van der Waals surface area contributed by atoms with Crippen molar-refractivity contribution < 1.29 is 8.42 Å². The minimum atomic E-state index is -3.45. The van der Waals surface area contributed by atoms with Crippen molar-refractivity contribution in [2.24, 2.45) is 0 Å². The first kappa shape index (κ1) is 17.3. The second kappa shape index (κ2) is 7.97. The van der Waals surface area contributed by atoms with Crippen LogP contribution in [0.3, 0.4) is 0 Å². The van der Waals surface area contributed by atoms with Crippen LogP contribution < -0.4 is 0 Å². The van der Waals surface area contributed by atoms with Crippen molar-refractivity contribution >= 4 is 9.84 Å². The lowest BCUT2D eigenvalue weighted by Crippen LogP contribution is -2.24. The fraction of sp³-hybridized carbons (Fsp3) is 0.263. The zero-order valence-corrected chi connectivity index (χ0v) is 14.5. The van der Waals surface area contributed by atoms with Crippen LogP contribution in [0.15, 0.2) is 76.7 Å². The summed E-state index contributed by atoms with van der Waals surface area (Å²) in [6.45, 7) is 5.63. The fourth-order valence-electron chi connectivity index (χ4n) is 2.52. The molecule has 0 saturated carbocycles. The number of nitrogens with zero attached hydrogens (tertiary/aromatic N) is 1. The lowest BCUT2D eigenvalue weighted by Gasteiger charge is -2.24. The van der Waals surface area contributed by atoms with Gasteiger partial charge >= 0.3 is 0 Å². The summed E-state index contributed by atoms with van der Waals surface area (Å²) < 4.78 is 25.3. The first-order chi connectivity index (χ1) is 11.1. The molecule has 2 aromatic carbocycles. The van der Waals surface area contributed by atoms with Gasteiger partial charge in [-0.1, -0.05) is 48.5 Å². The van der Waals surface area contributed by atoms with Crippen LogP contribution in [-0.4, -0.2) is 26.4 Å².